The lowest BCUT2D eigenvalue weighted by Crippen LogP contribution is -2.59. The first-order valence-corrected chi connectivity index (χ1v) is 12.6. The van der Waals surface area contributed by atoms with Crippen LogP contribution in [-0.4, -0.2) is 53.9 Å². The minimum absolute atomic E-state index is 0.337. The van der Waals surface area contributed by atoms with E-state index in [-0.39, 0.29) is 0 Å². The van der Waals surface area contributed by atoms with Crippen molar-refractivity contribution in [1.29, 1.82) is 0 Å². The molecule has 1 atom stereocenters. The van der Waals surface area contributed by atoms with Crippen LogP contribution < -0.4 is 14.8 Å². The molecule has 0 spiro atoms. The maximum absolute atomic E-state index is 5.89. The number of nitrogens with zero attached hydrogens (tertiary/aromatic N) is 2. The Morgan fingerprint density at radius 3 is 2.35 bits per heavy atom. The summed E-state index contributed by atoms with van der Waals surface area (Å²) in [7, 11) is 0. The predicted molar refractivity (Wildman–Crippen MR) is 125 cm³/mol. The highest BCUT2D eigenvalue weighted by Gasteiger charge is 2.53. The van der Waals surface area contributed by atoms with E-state index in [1.54, 1.807) is 0 Å². The number of fused-ring (bicyclic) bond motifs is 1. The first-order valence-electron chi connectivity index (χ1n) is 12.2. The van der Waals surface area contributed by atoms with E-state index in [1.807, 2.05) is 6.07 Å². The van der Waals surface area contributed by atoms with Crippen molar-refractivity contribution in [2.45, 2.75) is 58.0 Å². The minimum atomic E-state index is 0.337. The summed E-state index contributed by atoms with van der Waals surface area (Å²) in [4.78, 5) is 4.90. The van der Waals surface area contributed by atoms with Crippen molar-refractivity contribution < 1.29 is 9.47 Å². The summed E-state index contributed by atoms with van der Waals surface area (Å²) in [5.74, 6) is 4.70. The average molecular weight is 442 g/mol. The minimum Gasteiger partial charge on any atom is -0.454 e. The Hall–Kier alpha value is -1.53. The van der Waals surface area contributed by atoms with Gasteiger partial charge in [-0.05, 0) is 98.5 Å². The van der Waals surface area contributed by atoms with Gasteiger partial charge in [-0.15, -0.1) is 0 Å². The zero-order chi connectivity index (χ0) is 21.0. The quantitative estimate of drug-likeness (QED) is 0.712. The van der Waals surface area contributed by atoms with E-state index >= 15 is 0 Å². The van der Waals surface area contributed by atoms with E-state index in [2.05, 4.69) is 34.2 Å². The van der Waals surface area contributed by atoms with Gasteiger partial charge in [-0.3, -0.25) is 4.90 Å². The average Bonchev–Trinajstić information content (AvgIpc) is 3.21. The molecule has 31 heavy (non-hydrogen) atoms. The van der Waals surface area contributed by atoms with Gasteiger partial charge >= 0.3 is 0 Å². The molecule has 1 aromatic carbocycles. The maximum Gasteiger partial charge on any atom is 0.231 e. The topological polar surface area (TPSA) is 37.0 Å². The standard InChI is InChI=1S/C25H35N3O2S/c1-17(25-12-19-8-20(13-25)10-21(9-19)14-25)26-24(31)28-6-4-27(5-7-28)15-18-2-3-22-23(11-18)30-16-29-22/h2-3,11,17,19-21H,4-10,12-16H2,1H3,(H,26,31)/t17-,19?,20?,21?,25?/m0/s1. The summed E-state index contributed by atoms with van der Waals surface area (Å²) in [5, 5.41) is 4.79. The zero-order valence-electron chi connectivity index (χ0n) is 18.6. The highest BCUT2D eigenvalue weighted by molar-refractivity contribution is 7.80. The molecule has 4 saturated carbocycles. The molecule has 5 fully saturated rings. The molecule has 2 heterocycles. The van der Waals surface area contributed by atoms with E-state index in [4.69, 9.17) is 21.7 Å². The predicted octanol–water partition coefficient (Wildman–Crippen LogP) is 4.01. The van der Waals surface area contributed by atoms with Crippen LogP contribution in [-0.2, 0) is 6.54 Å². The lowest BCUT2D eigenvalue weighted by molar-refractivity contribution is -0.0676. The summed E-state index contributed by atoms with van der Waals surface area (Å²) >= 11 is 5.89. The molecule has 0 amide bonds. The number of nitrogens with one attached hydrogen (secondary N) is 1. The van der Waals surface area contributed by atoms with Crippen LogP contribution >= 0.6 is 12.2 Å². The van der Waals surface area contributed by atoms with Crippen molar-refractivity contribution in [1.82, 2.24) is 15.1 Å². The largest absolute Gasteiger partial charge is 0.454 e. The lowest BCUT2D eigenvalue weighted by atomic mass is 9.48. The van der Waals surface area contributed by atoms with Crippen molar-refractivity contribution >= 4 is 17.3 Å². The van der Waals surface area contributed by atoms with Gasteiger partial charge < -0.3 is 19.7 Å². The van der Waals surface area contributed by atoms with E-state index < -0.39 is 0 Å². The fourth-order valence-corrected chi connectivity index (χ4v) is 7.90. The molecule has 2 aliphatic heterocycles. The molecule has 4 bridgehead atoms. The molecular weight excluding hydrogens is 406 g/mol. The highest BCUT2D eigenvalue weighted by Crippen LogP contribution is 2.61. The third-order valence-electron chi connectivity index (χ3n) is 8.85. The van der Waals surface area contributed by atoms with Gasteiger partial charge in [-0.1, -0.05) is 6.07 Å². The second-order valence-corrected chi connectivity index (χ2v) is 11.3. The number of hydrogen-bond donors (Lipinski definition) is 1. The number of benzene rings is 1. The van der Waals surface area contributed by atoms with Crippen LogP contribution in [0.4, 0.5) is 0 Å². The second kappa shape index (κ2) is 7.80. The summed E-state index contributed by atoms with van der Waals surface area (Å²) in [6.07, 6.45) is 8.79. The number of hydrogen-bond acceptors (Lipinski definition) is 4. The van der Waals surface area contributed by atoms with E-state index in [1.165, 1.54) is 44.1 Å². The Kier molecular flexibility index (Phi) is 5.06. The molecule has 5 nitrogen and oxygen atoms in total. The third-order valence-corrected chi connectivity index (χ3v) is 9.22. The van der Waals surface area contributed by atoms with Gasteiger partial charge in [0.25, 0.3) is 0 Å². The second-order valence-electron chi connectivity index (χ2n) is 10.9. The smallest absolute Gasteiger partial charge is 0.231 e. The van der Waals surface area contributed by atoms with Crippen LogP contribution in [0.2, 0.25) is 0 Å². The molecular formula is C25H35N3O2S. The first-order chi connectivity index (χ1) is 15.1. The van der Waals surface area contributed by atoms with Crippen LogP contribution in [0.5, 0.6) is 11.5 Å². The van der Waals surface area contributed by atoms with E-state index in [0.717, 1.165) is 67.1 Å². The van der Waals surface area contributed by atoms with Gasteiger partial charge in [0, 0.05) is 38.8 Å². The van der Waals surface area contributed by atoms with Crippen molar-refractivity contribution in [2.24, 2.45) is 23.2 Å². The van der Waals surface area contributed by atoms with Gasteiger partial charge in [0.05, 0.1) is 0 Å². The number of thiocarbonyl (C=S) groups is 1. The molecule has 168 valence electrons. The zero-order valence-corrected chi connectivity index (χ0v) is 19.5. The van der Waals surface area contributed by atoms with Gasteiger partial charge in [0.2, 0.25) is 6.79 Å². The molecule has 0 radical (unpaired) electrons. The van der Waals surface area contributed by atoms with Crippen LogP contribution in [0, 0.1) is 23.2 Å². The molecule has 6 heteroatoms. The van der Waals surface area contributed by atoms with Gasteiger partial charge in [-0.2, -0.15) is 0 Å². The molecule has 1 N–H and O–H groups in total. The lowest BCUT2D eigenvalue weighted by Gasteiger charge is -2.59. The summed E-state index contributed by atoms with van der Waals surface area (Å²) in [6, 6.07) is 6.80. The van der Waals surface area contributed by atoms with Crippen molar-refractivity contribution in [3.63, 3.8) is 0 Å². The van der Waals surface area contributed by atoms with Gasteiger partial charge in [-0.25, -0.2) is 0 Å². The van der Waals surface area contributed by atoms with Crippen molar-refractivity contribution in [3.8, 4) is 11.5 Å². The molecule has 1 saturated heterocycles. The molecule has 0 unspecified atom stereocenters. The van der Waals surface area contributed by atoms with Gasteiger partial charge in [0.1, 0.15) is 0 Å². The Labute approximate surface area is 191 Å². The maximum atomic E-state index is 5.89. The van der Waals surface area contributed by atoms with E-state index in [0.29, 0.717) is 18.2 Å². The summed E-state index contributed by atoms with van der Waals surface area (Å²) in [5.41, 5.74) is 1.79. The van der Waals surface area contributed by atoms with Crippen molar-refractivity contribution in [2.75, 3.05) is 33.0 Å². The van der Waals surface area contributed by atoms with Crippen LogP contribution in [0.3, 0.4) is 0 Å². The highest BCUT2D eigenvalue weighted by atomic mass is 32.1. The normalized spacial score (nSPS) is 34.7. The Morgan fingerprint density at radius 1 is 1.03 bits per heavy atom. The molecule has 7 rings (SSSR count). The van der Waals surface area contributed by atoms with Crippen LogP contribution in [0.1, 0.15) is 51.0 Å². The Bertz CT molecular complexity index is 816. The third kappa shape index (κ3) is 3.80. The fraction of sp³-hybridized carbons (Fsp3) is 0.720. The molecule has 4 aliphatic carbocycles. The molecule has 6 aliphatic rings. The van der Waals surface area contributed by atoms with Crippen molar-refractivity contribution in [3.05, 3.63) is 23.8 Å². The number of ether oxygens (including phenoxy) is 2. The van der Waals surface area contributed by atoms with Crippen LogP contribution in [0.15, 0.2) is 18.2 Å². The number of piperazine rings is 1. The first kappa shape index (κ1) is 20.1. The Balaban J connectivity index is 1.02. The summed E-state index contributed by atoms with van der Waals surface area (Å²) in [6.45, 7) is 7.80. The van der Waals surface area contributed by atoms with Crippen LogP contribution in [0.25, 0.3) is 0 Å². The Morgan fingerprint density at radius 2 is 1.68 bits per heavy atom. The summed E-state index contributed by atoms with van der Waals surface area (Å²) < 4.78 is 11.0. The van der Waals surface area contributed by atoms with Gasteiger partial charge in [0.15, 0.2) is 16.6 Å². The SMILES string of the molecule is C[C@H](NC(=S)N1CCN(Cc2ccc3c(c2)OCO3)CC1)C12CC3CC(CC(C3)C1)C2. The molecule has 0 aromatic heterocycles. The fourth-order valence-electron chi connectivity index (χ4n) is 7.54. The van der Waals surface area contributed by atoms with E-state index in [9.17, 15) is 0 Å². The molecule has 1 aromatic rings. The monoisotopic (exact) mass is 441 g/mol. The number of rotatable bonds is 4.